The Morgan fingerprint density at radius 1 is 0.393 bits per heavy atom. The van der Waals surface area contributed by atoms with Crippen LogP contribution in [0.2, 0.25) is 0 Å². The van der Waals surface area contributed by atoms with Gasteiger partial charge in [-0.3, -0.25) is 0 Å². The number of fused-ring (bicyclic) bond motifs is 8. The topological polar surface area (TPSA) is 32.8 Å². The smallest absolute Gasteiger partial charge is 0.139 e. The summed E-state index contributed by atoms with van der Waals surface area (Å²) in [7, 11) is 0. The summed E-state index contributed by atoms with van der Waals surface area (Å²) in [6.45, 7) is 13.2. The summed E-state index contributed by atoms with van der Waals surface area (Å²) in [5.74, 6) is 0.195. The van der Waals surface area contributed by atoms with Crippen molar-refractivity contribution >= 4 is 99.5 Å². The van der Waals surface area contributed by atoms with Gasteiger partial charge in [0.05, 0.1) is 0 Å². The normalized spacial score (nSPS) is 11.9. The number of furan rings is 2. The molecule has 4 heteroatoms. The van der Waals surface area contributed by atoms with E-state index in [4.69, 9.17) is 8.83 Å². The minimum Gasteiger partial charge on any atom is -0.456 e. The van der Waals surface area contributed by atoms with Crippen LogP contribution in [-0.2, 0) is 0 Å². The number of nitrogens with zero attached hydrogens (tertiary/aromatic N) is 2. The second-order valence-corrected chi connectivity index (χ2v) is 17.1. The van der Waals surface area contributed by atoms with Gasteiger partial charge in [0.25, 0.3) is 0 Å². The lowest BCUT2D eigenvalue weighted by molar-refractivity contribution is 0.655. The highest BCUT2D eigenvalue weighted by Crippen LogP contribution is 2.46. The van der Waals surface area contributed by atoms with Crippen molar-refractivity contribution in [3.8, 4) is 0 Å². The molecular formula is C57H46N2O2. The Morgan fingerprint density at radius 2 is 0.902 bits per heavy atom. The van der Waals surface area contributed by atoms with E-state index in [0.29, 0.717) is 0 Å². The van der Waals surface area contributed by atoms with Crippen molar-refractivity contribution in [3.63, 3.8) is 0 Å². The highest BCUT2D eigenvalue weighted by Gasteiger charge is 2.24. The van der Waals surface area contributed by atoms with Crippen molar-refractivity contribution in [2.45, 2.75) is 47.5 Å². The van der Waals surface area contributed by atoms with Gasteiger partial charge in [-0.1, -0.05) is 86.6 Å². The molecule has 11 rings (SSSR count). The minimum absolute atomic E-state index is 0.195. The Labute approximate surface area is 355 Å². The Kier molecular flexibility index (Phi) is 8.54. The molecule has 0 saturated heterocycles. The highest BCUT2D eigenvalue weighted by molar-refractivity contribution is 6.20. The molecule has 0 amide bonds. The number of hydrogen-bond donors (Lipinski definition) is 0. The van der Waals surface area contributed by atoms with Crippen LogP contribution in [-0.4, -0.2) is 0 Å². The molecule has 4 nitrogen and oxygen atoms in total. The van der Waals surface area contributed by atoms with Crippen molar-refractivity contribution < 1.29 is 8.83 Å². The van der Waals surface area contributed by atoms with Crippen LogP contribution >= 0.6 is 0 Å². The predicted molar refractivity (Wildman–Crippen MR) is 258 cm³/mol. The second-order valence-electron chi connectivity index (χ2n) is 17.1. The molecule has 296 valence electrons. The highest BCUT2D eigenvalue weighted by atomic mass is 16.3. The molecule has 9 aromatic carbocycles. The van der Waals surface area contributed by atoms with E-state index in [9.17, 15) is 0 Å². The molecule has 0 bridgehead atoms. The molecule has 0 aliphatic heterocycles. The van der Waals surface area contributed by atoms with Crippen LogP contribution in [0, 0.1) is 27.7 Å². The van der Waals surface area contributed by atoms with Gasteiger partial charge in [-0.15, -0.1) is 0 Å². The largest absolute Gasteiger partial charge is 0.456 e. The summed E-state index contributed by atoms with van der Waals surface area (Å²) >= 11 is 0. The van der Waals surface area contributed by atoms with E-state index in [1.807, 2.05) is 0 Å². The number of rotatable bonds is 7. The fourth-order valence-electron chi connectivity index (χ4n) is 9.42. The van der Waals surface area contributed by atoms with Crippen molar-refractivity contribution in [2.75, 3.05) is 9.80 Å². The average molecular weight is 791 g/mol. The monoisotopic (exact) mass is 790 g/mol. The van der Waals surface area contributed by atoms with Crippen LogP contribution in [0.5, 0.6) is 0 Å². The Balaban J connectivity index is 1.06. The number of anilines is 6. The molecule has 0 aliphatic carbocycles. The molecule has 11 aromatic rings. The molecule has 0 spiro atoms. The van der Waals surface area contributed by atoms with Crippen molar-refractivity contribution in [1.29, 1.82) is 0 Å². The first-order chi connectivity index (χ1) is 29.7. The molecule has 61 heavy (non-hydrogen) atoms. The molecular weight excluding hydrogens is 745 g/mol. The summed E-state index contributed by atoms with van der Waals surface area (Å²) in [5.41, 5.74) is 16.4. The van der Waals surface area contributed by atoms with E-state index in [2.05, 4.69) is 215 Å². The quantitative estimate of drug-likeness (QED) is 0.161. The second kappa shape index (κ2) is 14.2. The maximum Gasteiger partial charge on any atom is 0.139 e. The zero-order valence-electron chi connectivity index (χ0n) is 35.4. The standard InChI is InChI=1S/C57H46N2O2/c1-34(2)55-56-49-30-40-22-24-46(59(44-15-11-8-12-16-44)51-26-36(4)18-20-38(51)6)28-42(40)32-53(49)60-54(56)33-48-47-29-39-21-23-45(27-41(39)31-52(47)61-57(48)55)58(43-13-9-7-10-14-43)50-25-35(3)17-19-37(50)5/h7-34H,1-6H3. The fourth-order valence-corrected chi connectivity index (χ4v) is 9.42. The number of benzene rings is 9. The summed E-state index contributed by atoms with van der Waals surface area (Å²) in [6, 6.07) is 59.3. The predicted octanol–water partition coefficient (Wildman–Crippen LogP) is 17.1. The summed E-state index contributed by atoms with van der Waals surface area (Å²) in [5, 5.41) is 9.00. The van der Waals surface area contributed by atoms with Gasteiger partial charge in [-0.05, 0) is 168 Å². The molecule has 0 N–H and O–H groups in total. The minimum atomic E-state index is 0.195. The van der Waals surface area contributed by atoms with Crippen LogP contribution < -0.4 is 9.80 Å². The molecule has 0 unspecified atom stereocenters. The summed E-state index contributed by atoms with van der Waals surface area (Å²) in [6.07, 6.45) is 0. The maximum atomic E-state index is 6.95. The van der Waals surface area contributed by atoms with E-state index >= 15 is 0 Å². The summed E-state index contributed by atoms with van der Waals surface area (Å²) in [4.78, 5) is 4.71. The third kappa shape index (κ3) is 6.13. The van der Waals surface area contributed by atoms with Crippen LogP contribution in [0.1, 0.15) is 47.6 Å². The average Bonchev–Trinajstić information content (AvgIpc) is 3.80. The van der Waals surface area contributed by atoms with Gasteiger partial charge in [-0.25, -0.2) is 0 Å². The third-order valence-corrected chi connectivity index (χ3v) is 12.5. The van der Waals surface area contributed by atoms with Gasteiger partial charge in [0.2, 0.25) is 0 Å². The molecule has 2 aromatic heterocycles. The third-order valence-electron chi connectivity index (χ3n) is 12.5. The zero-order chi connectivity index (χ0) is 41.5. The lowest BCUT2D eigenvalue weighted by Gasteiger charge is -2.27. The molecule has 0 atom stereocenters. The Morgan fingerprint density at radius 3 is 1.43 bits per heavy atom. The Hall–Kier alpha value is -7.30. The van der Waals surface area contributed by atoms with Crippen molar-refractivity contribution in [1.82, 2.24) is 0 Å². The lowest BCUT2D eigenvalue weighted by Crippen LogP contribution is -2.11. The molecule has 0 radical (unpaired) electrons. The van der Waals surface area contributed by atoms with Gasteiger partial charge in [-0.2, -0.15) is 0 Å². The van der Waals surface area contributed by atoms with Crippen LogP contribution in [0.3, 0.4) is 0 Å². The van der Waals surface area contributed by atoms with E-state index in [1.54, 1.807) is 0 Å². The van der Waals surface area contributed by atoms with Crippen LogP contribution in [0.15, 0.2) is 173 Å². The van der Waals surface area contributed by atoms with Crippen molar-refractivity contribution in [3.05, 3.63) is 192 Å². The fraction of sp³-hybridized carbons (Fsp3) is 0.123. The van der Waals surface area contributed by atoms with Gasteiger partial charge < -0.3 is 18.6 Å². The SMILES string of the molecule is Cc1ccc(C)c(N(c2ccccc2)c2ccc3cc4c(cc3c2)oc2c(C(C)C)c3c(cc24)oc2cc4cc(N(c5ccccc5)c5cc(C)ccc5C)ccc4cc23)c1. The number of aryl methyl sites for hydroxylation is 4. The van der Waals surface area contributed by atoms with E-state index in [1.165, 1.54) is 44.6 Å². The van der Waals surface area contributed by atoms with Crippen LogP contribution in [0.4, 0.5) is 34.1 Å². The van der Waals surface area contributed by atoms with Gasteiger partial charge in [0.15, 0.2) is 0 Å². The van der Waals surface area contributed by atoms with Gasteiger partial charge >= 0.3 is 0 Å². The van der Waals surface area contributed by atoms with Gasteiger partial charge in [0.1, 0.15) is 22.3 Å². The first-order valence-electron chi connectivity index (χ1n) is 21.3. The first kappa shape index (κ1) is 36.8. The lowest BCUT2D eigenvalue weighted by atomic mass is 9.93. The van der Waals surface area contributed by atoms with Crippen LogP contribution in [0.25, 0.3) is 65.4 Å². The first-order valence-corrected chi connectivity index (χ1v) is 21.3. The number of para-hydroxylation sites is 2. The maximum absolute atomic E-state index is 6.95. The molecule has 2 heterocycles. The van der Waals surface area contributed by atoms with E-state index in [0.717, 1.165) is 82.8 Å². The number of hydrogen-bond acceptors (Lipinski definition) is 4. The van der Waals surface area contributed by atoms with Crippen molar-refractivity contribution in [2.24, 2.45) is 0 Å². The molecule has 0 aliphatic rings. The Bertz CT molecular complexity index is 3390. The summed E-state index contributed by atoms with van der Waals surface area (Å²) < 4.78 is 13.8. The van der Waals surface area contributed by atoms with Gasteiger partial charge in [0, 0.05) is 61.2 Å². The molecule has 0 fully saturated rings. The molecule has 0 saturated carbocycles. The van der Waals surface area contributed by atoms with E-state index in [-0.39, 0.29) is 5.92 Å². The van der Waals surface area contributed by atoms with E-state index < -0.39 is 0 Å². The zero-order valence-corrected chi connectivity index (χ0v) is 35.4.